The van der Waals surface area contributed by atoms with Gasteiger partial charge in [-0.3, -0.25) is 9.59 Å². The fourth-order valence-electron chi connectivity index (χ4n) is 10.1. The molecule has 6 aliphatic rings. The number of thiophene rings is 2. The van der Waals surface area contributed by atoms with Crippen LogP contribution >= 0.6 is 22.7 Å². The molecule has 2 saturated carbocycles. The zero-order valence-corrected chi connectivity index (χ0v) is 31.3. The van der Waals surface area contributed by atoms with Gasteiger partial charge in [0.2, 0.25) is 0 Å². The second-order valence-electron chi connectivity index (χ2n) is 15.8. The van der Waals surface area contributed by atoms with E-state index in [1.54, 1.807) is 22.7 Å². The van der Waals surface area contributed by atoms with Gasteiger partial charge in [0.1, 0.15) is 0 Å². The second kappa shape index (κ2) is 17.2. The van der Waals surface area contributed by atoms with E-state index >= 15 is 0 Å². The predicted molar refractivity (Wildman–Crippen MR) is 201 cm³/mol. The zero-order chi connectivity index (χ0) is 33.6. The number of carbonyl (C=O) groups excluding carboxylic acids is 2. The third kappa shape index (κ3) is 8.48. The van der Waals surface area contributed by atoms with E-state index in [0.717, 1.165) is 81.6 Å². The molecule has 2 aromatic heterocycles. The molecule has 270 valence electrons. The Morgan fingerprint density at radius 3 is 1.61 bits per heavy atom. The van der Waals surface area contributed by atoms with Gasteiger partial charge in [0.15, 0.2) is 0 Å². The van der Waals surface area contributed by atoms with Crippen LogP contribution in [0.3, 0.4) is 0 Å². The van der Waals surface area contributed by atoms with E-state index in [-0.39, 0.29) is 12.5 Å². The normalized spacial score (nSPS) is 28.7. The molecule has 6 heterocycles. The van der Waals surface area contributed by atoms with E-state index in [2.05, 4.69) is 42.9 Å². The summed E-state index contributed by atoms with van der Waals surface area (Å²) in [6, 6.07) is 5.41. The molecule has 4 saturated heterocycles. The Labute approximate surface area is 302 Å². The van der Waals surface area contributed by atoms with Crippen LogP contribution in [0.4, 0.5) is 0 Å². The molecule has 8 rings (SSSR count). The lowest BCUT2D eigenvalue weighted by Crippen LogP contribution is -2.49. The highest BCUT2D eigenvalue weighted by Crippen LogP contribution is 2.39. The van der Waals surface area contributed by atoms with Gasteiger partial charge < -0.3 is 25.1 Å². The molecule has 6 fully saturated rings. The summed E-state index contributed by atoms with van der Waals surface area (Å²) < 4.78 is 0. The first-order valence-corrected chi connectivity index (χ1v) is 21.7. The summed E-state index contributed by atoms with van der Waals surface area (Å²) in [5, 5.41) is 16.7. The van der Waals surface area contributed by atoms with E-state index in [1.807, 2.05) is 0 Å². The van der Waals surface area contributed by atoms with Crippen molar-refractivity contribution in [3.63, 3.8) is 0 Å². The number of hydrogen-bond donors (Lipinski definition) is 2. The Bertz CT molecular complexity index is 1360. The van der Waals surface area contributed by atoms with Crippen molar-refractivity contribution in [2.24, 2.45) is 11.8 Å². The lowest BCUT2D eigenvalue weighted by molar-refractivity contribution is 0.0386. The molecule has 4 atom stereocenters. The van der Waals surface area contributed by atoms with E-state index in [0.29, 0.717) is 29.8 Å². The fraction of sp³-hybridized carbons (Fsp3) is 0.750. The number of piperidine rings is 4. The highest BCUT2D eigenvalue weighted by atomic mass is 32.1. The molecule has 2 N–H and O–H groups in total. The number of rotatable bonds is 6. The van der Waals surface area contributed by atoms with Crippen LogP contribution in [0, 0.1) is 11.8 Å². The molecular weight excluding hydrogens is 649 g/mol. The lowest BCUT2D eigenvalue weighted by Gasteiger charge is -2.44. The van der Waals surface area contributed by atoms with E-state index in [4.69, 9.17) is 5.11 Å². The third-order valence-electron chi connectivity index (χ3n) is 12.9. The van der Waals surface area contributed by atoms with E-state index in [1.165, 1.54) is 99.6 Å². The Kier molecular flexibility index (Phi) is 12.5. The van der Waals surface area contributed by atoms with Crippen LogP contribution < -0.4 is 5.32 Å². The highest BCUT2D eigenvalue weighted by Gasteiger charge is 2.38. The van der Waals surface area contributed by atoms with Crippen molar-refractivity contribution in [2.75, 3.05) is 52.4 Å². The van der Waals surface area contributed by atoms with Crippen molar-refractivity contribution in [1.29, 1.82) is 0 Å². The molecule has 49 heavy (non-hydrogen) atoms. The maximum Gasteiger partial charge on any atom is 0.254 e. The Morgan fingerprint density at radius 2 is 1.10 bits per heavy atom. The maximum atomic E-state index is 13.2. The van der Waals surface area contributed by atoms with Crippen LogP contribution in [-0.2, 0) is 0 Å². The average molecular weight is 709 g/mol. The summed E-state index contributed by atoms with van der Waals surface area (Å²) in [5.41, 5.74) is 1.88. The number of aliphatic hydroxyl groups is 1. The number of nitrogens with one attached hydrogen (secondary N) is 1. The average Bonchev–Trinajstić information content (AvgIpc) is 3.87. The predicted octanol–water partition coefficient (Wildman–Crippen LogP) is 7.72. The molecular formula is C40H60N4O3S2. The van der Waals surface area contributed by atoms with Crippen molar-refractivity contribution < 1.29 is 14.7 Å². The second-order valence-corrected chi connectivity index (χ2v) is 17.7. The summed E-state index contributed by atoms with van der Waals surface area (Å²) in [4.78, 5) is 35.8. The van der Waals surface area contributed by atoms with Crippen molar-refractivity contribution in [1.82, 2.24) is 20.0 Å². The number of carbonyl (C=O) groups is 2. The molecule has 7 nitrogen and oxygen atoms in total. The molecule has 4 unspecified atom stereocenters. The van der Waals surface area contributed by atoms with Gasteiger partial charge >= 0.3 is 0 Å². The topological polar surface area (TPSA) is 76.1 Å². The quantitative estimate of drug-likeness (QED) is 0.322. The molecule has 2 aliphatic carbocycles. The Hall–Kier alpha value is -1.78. The SMILES string of the molecule is O=C(c1csc(C2CCN(CCO)CC2)c1)N1CCCC2CCCCC21.O=C(c1csc(C2CCNCC2)c1)N1CCCC2CCCCC21. The van der Waals surface area contributed by atoms with E-state index < -0.39 is 0 Å². The molecule has 2 aromatic rings. The number of fused-ring (bicyclic) bond motifs is 2. The summed E-state index contributed by atoms with van der Waals surface area (Å²) in [6.45, 7) is 7.30. The van der Waals surface area contributed by atoms with Gasteiger partial charge in [-0.2, -0.15) is 0 Å². The largest absolute Gasteiger partial charge is 0.395 e. The van der Waals surface area contributed by atoms with Crippen molar-refractivity contribution in [2.45, 2.75) is 127 Å². The van der Waals surface area contributed by atoms with Crippen LogP contribution in [-0.4, -0.2) is 96.1 Å². The van der Waals surface area contributed by atoms with Crippen LogP contribution in [0.5, 0.6) is 0 Å². The van der Waals surface area contributed by atoms with Crippen LogP contribution in [0.15, 0.2) is 22.9 Å². The van der Waals surface area contributed by atoms with E-state index in [9.17, 15) is 9.59 Å². The number of aliphatic hydroxyl groups excluding tert-OH is 1. The Morgan fingerprint density at radius 1 is 0.633 bits per heavy atom. The van der Waals surface area contributed by atoms with Crippen LogP contribution in [0.1, 0.15) is 145 Å². The monoisotopic (exact) mass is 708 g/mol. The fourth-order valence-corrected chi connectivity index (χ4v) is 12.2. The first-order valence-electron chi connectivity index (χ1n) is 19.9. The molecule has 0 spiro atoms. The van der Waals surface area contributed by atoms with Gasteiger partial charge in [0.05, 0.1) is 17.7 Å². The first-order chi connectivity index (χ1) is 24.1. The van der Waals surface area contributed by atoms with Gasteiger partial charge in [-0.25, -0.2) is 0 Å². The number of β-amino-alcohol motifs (C(OH)–C–C–N with tert-alkyl or cyclic N) is 1. The highest BCUT2D eigenvalue weighted by molar-refractivity contribution is 7.10. The molecule has 0 aromatic carbocycles. The molecule has 0 bridgehead atoms. The summed E-state index contributed by atoms with van der Waals surface area (Å²) >= 11 is 3.58. The van der Waals surface area contributed by atoms with Gasteiger partial charge in [0.25, 0.3) is 11.8 Å². The summed E-state index contributed by atoms with van der Waals surface area (Å²) in [5.74, 6) is 3.34. The van der Waals surface area contributed by atoms with Crippen molar-refractivity contribution in [3.8, 4) is 0 Å². The van der Waals surface area contributed by atoms with Gasteiger partial charge in [0, 0.05) is 52.2 Å². The molecule has 2 amide bonds. The standard InChI is InChI=1S/C21H32N2O2S.C19H28N2OS/c24-13-12-22-10-7-17(8-11-22)20-14-18(15-26-20)21(25)23-9-3-5-16-4-1-2-6-19(16)23;22-19(21-11-3-5-14-4-1-2-6-17(14)21)16-12-18(23-13-16)15-7-9-20-10-8-15/h14-17,19,24H,1-13H2;12-15,17,20H,1-11H2. The third-order valence-corrected chi connectivity index (χ3v) is 15.1. The molecule has 9 heteroatoms. The number of likely N-dealkylation sites (tertiary alicyclic amines) is 3. The number of amides is 2. The lowest BCUT2D eigenvalue weighted by atomic mass is 9.78. The molecule has 4 aliphatic heterocycles. The summed E-state index contributed by atoms with van der Waals surface area (Å²) in [7, 11) is 0. The van der Waals surface area contributed by atoms with Crippen molar-refractivity contribution >= 4 is 34.5 Å². The van der Waals surface area contributed by atoms with Crippen LogP contribution in [0.25, 0.3) is 0 Å². The molecule has 0 radical (unpaired) electrons. The first kappa shape index (κ1) is 35.6. The van der Waals surface area contributed by atoms with Crippen LogP contribution in [0.2, 0.25) is 0 Å². The number of nitrogens with zero attached hydrogens (tertiary/aromatic N) is 3. The minimum Gasteiger partial charge on any atom is -0.395 e. The minimum atomic E-state index is 0.250. The van der Waals surface area contributed by atoms with Crippen molar-refractivity contribution in [3.05, 3.63) is 43.8 Å². The summed E-state index contributed by atoms with van der Waals surface area (Å²) in [6.07, 6.45) is 20.1. The van der Waals surface area contributed by atoms with Gasteiger partial charge in [-0.05, 0) is 139 Å². The minimum absolute atomic E-state index is 0.250. The van der Waals surface area contributed by atoms with Gasteiger partial charge in [-0.1, -0.05) is 25.7 Å². The Balaban J connectivity index is 0.000000155. The smallest absolute Gasteiger partial charge is 0.254 e. The maximum absolute atomic E-state index is 13.2. The van der Waals surface area contributed by atoms with Gasteiger partial charge in [-0.15, -0.1) is 22.7 Å². The zero-order valence-electron chi connectivity index (χ0n) is 29.7. The number of hydrogen-bond acceptors (Lipinski definition) is 7.